The van der Waals surface area contributed by atoms with E-state index in [-0.39, 0.29) is 18.4 Å². The third-order valence-corrected chi connectivity index (χ3v) is 2.94. The van der Waals surface area contributed by atoms with Gasteiger partial charge >= 0.3 is 0 Å². The molecule has 0 saturated carbocycles. The fraction of sp³-hybridized carbons (Fsp3) is 0.286. The summed E-state index contributed by atoms with van der Waals surface area (Å²) >= 11 is 0. The van der Waals surface area contributed by atoms with E-state index >= 15 is 0 Å². The molecule has 1 aromatic carbocycles. The average molecular weight is 260 g/mol. The Hall–Kier alpha value is -2.14. The summed E-state index contributed by atoms with van der Waals surface area (Å²) in [6, 6.07) is 8.78. The van der Waals surface area contributed by atoms with Crippen LogP contribution < -0.4 is 5.32 Å². The van der Waals surface area contributed by atoms with E-state index < -0.39 is 6.04 Å². The standard InChI is InChI=1S/C14H16N2O3/c1-10(17)16-8-12(11-6-4-3-5-7-11)15-14(18)13(16)9-19-2/h3-8,13H,9H2,1-2H3,(H,15,18). The van der Waals surface area contributed by atoms with Crippen LogP contribution >= 0.6 is 0 Å². The molecule has 0 fully saturated rings. The Kier molecular flexibility index (Phi) is 3.97. The Balaban J connectivity index is 2.35. The number of methoxy groups -OCH3 is 1. The van der Waals surface area contributed by atoms with Gasteiger partial charge in [0, 0.05) is 20.2 Å². The summed E-state index contributed by atoms with van der Waals surface area (Å²) in [6.07, 6.45) is 1.66. The quantitative estimate of drug-likeness (QED) is 0.881. The van der Waals surface area contributed by atoms with E-state index in [1.165, 1.54) is 18.9 Å². The van der Waals surface area contributed by atoms with Crippen LogP contribution in [0.3, 0.4) is 0 Å². The summed E-state index contributed by atoms with van der Waals surface area (Å²) in [5.74, 6) is -0.427. The second kappa shape index (κ2) is 5.67. The summed E-state index contributed by atoms with van der Waals surface area (Å²) in [4.78, 5) is 25.1. The van der Waals surface area contributed by atoms with Crippen molar-refractivity contribution < 1.29 is 14.3 Å². The molecular formula is C14H16N2O3. The molecule has 1 unspecified atom stereocenters. The third-order valence-electron chi connectivity index (χ3n) is 2.94. The summed E-state index contributed by atoms with van der Waals surface area (Å²) in [6.45, 7) is 1.60. The lowest BCUT2D eigenvalue weighted by Crippen LogP contribution is -2.52. The molecule has 2 rings (SSSR count). The van der Waals surface area contributed by atoms with Crippen LogP contribution in [0.15, 0.2) is 36.5 Å². The predicted octanol–water partition coefficient (Wildman–Crippen LogP) is 0.978. The Morgan fingerprint density at radius 1 is 1.37 bits per heavy atom. The molecule has 0 spiro atoms. The third kappa shape index (κ3) is 2.82. The number of amides is 2. The molecule has 0 aliphatic carbocycles. The van der Waals surface area contributed by atoms with Crippen LogP contribution in [-0.2, 0) is 14.3 Å². The van der Waals surface area contributed by atoms with Gasteiger partial charge in [0.25, 0.3) is 0 Å². The van der Waals surface area contributed by atoms with Crippen LogP contribution in [0.5, 0.6) is 0 Å². The zero-order valence-corrected chi connectivity index (χ0v) is 10.9. The Labute approximate surface area is 111 Å². The van der Waals surface area contributed by atoms with Crippen LogP contribution in [0.2, 0.25) is 0 Å². The minimum atomic E-state index is -0.616. The fourth-order valence-corrected chi connectivity index (χ4v) is 1.99. The molecule has 0 radical (unpaired) electrons. The highest BCUT2D eigenvalue weighted by Gasteiger charge is 2.31. The first-order valence-corrected chi connectivity index (χ1v) is 5.99. The van der Waals surface area contributed by atoms with Crippen molar-refractivity contribution in [3.8, 4) is 0 Å². The van der Waals surface area contributed by atoms with E-state index in [0.29, 0.717) is 5.70 Å². The topological polar surface area (TPSA) is 58.6 Å². The maximum Gasteiger partial charge on any atom is 0.249 e. The molecule has 2 amide bonds. The SMILES string of the molecule is COCC1C(=O)NC(c2ccccc2)=CN1C(C)=O. The zero-order chi connectivity index (χ0) is 13.8. The molecule has 0 saturated heterocycles. The van der Waals surface area contributed by atoms with E-state index in [1.807, 2.05) is 30.3 Å². The number of nitrogens with zero attached hydrogens (tertiary/aromatic N) is 1. The summed E-state index contributed by atoms with van der Waals surface area (Å²) in [5.41, 5.74) is 1.48. The van der Waals surface area contributed by atoms with Crippen molar-refractivity contribution in [3.05, 3.63) is 42.1 Å². The zero-order valence-electron chi connectivity index (χ0n) is 10.9. The highest BCUT2D eigenvalue weighted by atomic mass is 16.5. The van der Waals surface area contributed by atoms with E-state index in [0.717, 1.165) is 5.56 Å². The lowest BCUT2D eigenvalue weighted by molar-refractivity contribution is -0.138. The van der Waals surface area contributed by atoms with Crippen LogP contribution in [0.25, 0.3) is 5.70 Å². The van der Waals surface area contributed by atoms with Crippen LogP contribution in [-0.4, -0.2) is 36.5 Å². The number of benzene rings is 1. The second-order valence-electron chi connectivity index (χ2n) is 4.30. The molecule has 1 atom stereocenters. The summed E-state index contributed by atoms with van der Waals surface area (Å²) in [5, 5.41) is 2.80. The molecule has 0 bridgehead atoms. The molecule has 100 valence electrons. The van der Waals surface area contributed by atoms with Gasteiger partial charge in [-0.3, -0.25) is 9.59 Å². The van der Waals surface area contributed by atoms with E-state index in [4.69, 9.17) is 4.74 Å². The van der Waals surface area contributed by atoms with Gasteiger partial charge in [-0.15, -0.1) is 0 Å². The van der Waals surface area contributed by atoms with Crippen molar-refractivity contribution in [3.63, 3.8) is 0 Å². The van der Waals surface area contributed by atoms with Crippen molar-refractivity contribution in [1.29, 1.82) is 0 Å². The number of hydrogen-bond donors (Lipinski definition) is 1. The highest BCUT2D eigenvalue weighted by molar-refractivity contribution is 5.96. The first kappa shape index (κ1) is 13.3. The molecule has 1 aliphatic heterocycles. The summed E-state index contributed by atoms with van der Waals surface area (Å²) < 4.78 is 4.99. The molecule has 1 aromatic rings. The highest BCUT2D eigenvalue weighted by Crippen LogP contribution is 2.19. The Morgan fingerprint density at radius 3 is 2.63 bits per heavy atom. The van der Waals surface area contributed by atoms with Gasteiger partial charge < -0.3 is 15.0 Å². The van der Waals surface area contributed by atoms with Gasteiger partial charge in [-0.1, -0.05) is 30.3 Å². The van der Waals surface area contributed by atoms with Crippen LogP contribution in [0.4, 0.5) is 0 Å². The molecular weight excluding hydrogens is 244 g/mol. The molecule has 5 heteroatoms. The lowest BCUT2D eigenvalue weighted by Gasteiger charge is -2.32. The largest absolute Gasteiger partial charge is 0.382 e. The van der Waals surface area contributed by atoms with Crippen molar-refractivity contribution in [2.75, 3.05) is 13.7 Å². The normalized spacial score (nSPS) is 18.8. The van der Waals surface area contributed by atoms with E-state index in [1.54, 1.807) is 6.20 Å². The Bertz CT molecular complexity index is 511. The van der Waals surface area contributed by atoms with Gasteiger partial charge in [-0.05, 0) is 5.56 Å². The molecule has 0 aromatic heterocycles. The molecule has 5 nitrogen and oxygen atoms in total. The van der Waals surface area contributed by atoms with Crippen molar-refractivity contribution in [2.45, 2.75) is 13.0 Å². The smallest absolute Gasteiger partial charge is 0.249 e. The van der Waals surface area contributed by atoms with E-state index in [2.05, 4.69) is 5.32 Å². The van der Waals surface area contributed by atoms with Gasteiger partial charge in [0.2, 0.25) is 11.8 Å². The molecule has 19 heavy (non-hydrogen) atoms. The Morgan fingerprint density at radius 2 is 2.05 bits per heavy atom. The molecule has 1 heterocycles. The minimum Gasteiger partial charge on any atom is -0.382 e. The van der Waals surface area contributed by atoms with Gasteiger partial charge in [0.15, 0.2) is 0 Å². The van der Waals surface area contributed by atoms with E-state index in [9.17, 15) is 9.59 Å². The maximum absolute atomic E-state index is 12.1. The van der Waals surface area contributed by atoms with Crippen LogP contribution in [0.1, 0.15) is 12.5 Å². The number of ether oxygens (including phenoxy) is 1. The summed E-state index contributed by atoms with van der Waals surface area (Å²) in [7, 11) is 1.50. The number of hydrogen-bond acceptors (Lipinski definition) is 3. The van der Waals surface area contributed by atoms with Gasteiger partial charge in [-0.25, -0.2) is 0 Å². The van der Waals surface area contributed by atoms with Crippen LogP contribution in [0, 0.1) is 0 Å². The number of carbonyl (C=O) groups excluding carboxylic acids is 2. The molecule has 1 N–H and O–H groups in total. The van der Waals surface area contributed by atoms with Gasteiger partial charge in [0.1, 0.15) is 6.04 Å². The monoisotopic (exact) mass is 260 g/mol. The second-order valence-corrected chi connectivity index (χ2v) is 4.30. The van der Waals surface area contributed by atoms with Crippen molar-refractivity contribution in [2.24, 2.45) is 0 Å². The van der Waals surface area contributed by atoms with Gasteiger partial charge in [-0.2, -0.15) is 0 Å². The van der Waals surface area contributed by atoms with Gasteiger partial charge in [0.05, 0.1) is 12.3 Å². The molecule has 1 aliphatic rings. The number of rotatable bonds is 3. The number of nitrogens with one attached hydrogen (secondary N) is 1. The maximum atomic E-state index is 12.1. The first-order chi connectivity index (χ1) is 9.13. The minimum absolute atomic E-state index is 0.171. The fourth-order valence-electron chi connectivity index (χ4n) is 1.99. The first-order valence-electron chi connectivity index (χ1n) is 5.99. The average Bonchev–Trinajstić information content (AvgIpc) is 2.41. The number of carbonyl (C=O) groups is 2. The lowest BCUT2D eigenvalue weighted by atomic mass is 10.1. The predicted molar refractivity (Wildman–Crippen MR) is 70.7 cm³/mol. The van der Waals surface area contributed by atoms with Crippen molar-refractivity contribution in [1.82, 2.24) is 10.2 Å². The van der Waals surface area contributed by atoms with Crippen molar-refractivity contribution >= 4 is 17.5 Å².